The Morgan fingerprint density at radius 2 is 0.851 bits per heavy atom. The van der Waals surface area contributed by atoms with Crippen LogP contribution in [0.3, 0.4) is 0 Å². The fourth-order valence-corrected chi connectivity index (χ4v) is 6.58. The fourth-order valence-electron chi connectivity index (χ4n) is 6.58. The Morgan fingerprint density at radius 1 is 0.511 bits per heavy atom. The van der Waals surface area contributed by atoms with E-state index in [1.54, 1.807) is 0 Å². The van der Waals surface area contributed by atoms with Gasteiger partial charge < -0.3 is 20.6 Å². The number of nitrogens with one attached hydrogen (secondary N) is 1. The number of hydrogen-bond acceptors (Lipinski definition) is 4. The van der Waals surface area contributed by atoms with Gasteiger partial charge in [0, 0.05) is 0 Å². The van der Waals surface area contributed by atoms with E-state index in [0.29, 0.717) is 12.8 Å². The van der Waals surface area contributed by atoms with Gasteiger partial charge in [0.1, 0.15) is 0 Å². The number of carbonyl (C=O) groups excluding carboxylic acids is 1. The lowest BCUT2D eigenvalue weighted by Gasteiger charge is -2.23. The first-order valence-electron chi connectivity index (χ1n) is 21.0. The van der Waals surface area contributed by atoms with Crippen molar-refractivity contribution in [3.63, 3.8) is 0 Å². The van der Waals surface area contributed by atoms with Crippen molar-refractivity contribution < 1.29 is 20.1 Å². The Hall–Kier alpha value is -0.910. The third-order valence-electron chi connectivity index (χ3n) is 9.83. The van der Waals surface area contributed by atoms with E-state index in [-0.39, 0.29) is 18.9 Å². The van der Waals surface area contributed by atoms with Crippen LogP contribution in [0, 0.1) is 0 Å². The number of hydrogen-bond donors (Lipinski definition) is 4. The average molecular weight is 666 g/mol. The van der Waals surface area contributed by atoms with Crippen molar-refractivity contribution in [1.82, 2.24) is 5.32 Å². The highest BCUT2D eigenvalue weighted by atomic mass is 16.3. The number of carbonyl (C=O) groups is 1. The van der Waals surface area contributed by atoms with Gasteiger partial charge in [-0.3, -0.25) is 4.79 Å². The zero-order valence-electron chi connectivity index (χ0n) is 31.7. The topological polar surface area (TPSA) is 89.8 Å². The second-order valence-electron chi connectivity index (χ2n) is 14.6. The van der Waals surface area contributed by atoms with Crippen molar-refractivity contribution in [1.29, 1.82) is 0 Å². The number of unbranched alkanes of at least 4 members (excludes halogenated alkanes) is 27. The van der Waals surface area contributed by atoms with E-state index in [4.69, 9.17) is 0 Å². The fraction of sp³-hybridized carbons (Fsp3) is 0.929. The first-order chi connectivity index (χ1) is 23.0. The van der Waals surface area contributed by atoms with Gasteiger partial charge in [-0.1, -0.05) is 193 Å². The maximum Gasteiger partial charge on any atom is 0.222 e. The lowest BCUT2D eigenvalue weighted by molar-refractivity contribution is -0.125. The van der Waals surface area contributed by atoms with Crippen LogP contribution in [-0.2, 0) is 4.79 Å². The molecule has 47 heavy (non-hydrogen) atoms. The summed E-state index contributed by atoms with van der Waals surface area (Å²) in [7, 11) is 0. The van der Waals surface area contributed by atoms with Crippen LogP contribution in [0.15, 0.2) is 12.2 Å². The predicted molar refractivity (Wildman–Crippen MR) is 204 cm³/mol. The summed E-state index contributed by atoms with van der Waals surface area (Å²) in [4.78, 5) is 12.4. The quantitative estimate of drug-likeness (QED) is 0.0390. The van der Waals surface area contributed by atoms with Crippen LogP contribution >= 0.6 is 0 Å². The average Bonchev–Trinajstić information content (AvgIpc) is 3.06. The van der Waals surface area contributed by atoms with Gasteiger partial charge in [-0.2, -0.15) is 0 Å². The van der Waals surface area contributed by atoms with Gasteiger partial charge in [-0.05, 0) is 38.5 Å². The molecule has 0 radical (unpaired) electrons. The molecule has 0 saturated heterocycles. The summed E-state index contributed by atoms with van der Waals surface area (Å²) in [6, 6.07) is -0.656. The molecular weight excluding hydrogens is 582 g/mol. The van der Waals surface area contributed by atoms with E-state index in [1.165, 1.54) is 161 Å². The lowest BCUT2D eigenvalue weighted by Crippen LogP contribution is -2.46. The number of aliphatic hydroxyl groups is 3. The molecule has 280 valence electrons. The van der Waals surface area contributed by atoms with Gasteiger partial charge in [0.25, 0.3) is 0 Å². The van der Waals surface area contributed by atoms with Crippen LogP contribution < -0.4 is 5.32 Å². The van der Waals surface area contributed by atoms with Crippen molar-refractivity contribution >= 4 is 5.91 Å². The molecule has 4 N–H and O–H groups in total. The number of allylic oxidation sites excluding steroid dienone is 2. The Balaban J connectivity index is 3.61. The van der Waals surface area contributed by atoms with Crippen molar-refractivity contribution in [2.24, 2.45) is 0 Å². The molecule has 0 aliphatic rings. The van der Waals surface area contributed by atoms with Gasteiger partial charge in [-0.25, -0.2) is 0 Å². The highest BCUT2D eigenvalue weighted by Gasteiger charge is 2.21. The van der Waals surface area contributed by atoms with Gasteiger partial charge in [0.15, 0.2) is 0 Å². The third kappa shape index (κ3) is 34.7. The molecule has 0 aromatic carbocycles. The minimum Gasteiger partial charge on any atom is -0.394 e. The third-order valence-corrected chi connectivity index (χ3v) is 9.83. The van der Waals surface area contributed by atoms with Crippen molar-refractivity contribution in [3.05, 3.63) is 12.2 Å². The maximum atomic E-state index is 12.4. The van der Waals surface area contributed by atoms with E-state index in [1.807, 2.05) is 0 Å². The van der Waals surface area contributed by atoms with Crippen LogP contribution in [-0.4, -0.2) is 46.1 Å². The zero-order valence-corrected chi connectivity index (χ0v) is 31.7. The summed E-state index contributed by atoms with van der Waals surface area (Å²) in [5.41, 5.74) is 0. The first kappa shape index (κ1) is 46.1. The summed E-state index contributed by atoms with van der Waals surface area (Å²) in [5, 5.41) is 33.3. The van der Waals surface area contributed by atoms with Gasteiger partial charge in [0.2, 0.25) is 5.91 Å². The minimum atomic E-state index is -0.747. The molecule has 0 fully saturated rings. The summed E-state index contributed by atoms with van der Waals surface area (Å²) >= 11 is 0. The molecule has 3 atom stereocenters. The molecule has 1 amide bonds. The molecule has 0 heterocycles. The summed E-state index contributed by atoms with van der Waals surface area (Å²) in [6.45, 7) is 4.26. The first-order valence-corrected chi connectivity index (χ1v) is 21.0. The van der Waals surface area contributed by atoms with E-state index in [2.05, 4.69) is 31.3 Å². The molecule has 0 aliphatic carbocycles. The molecule has 0 saturated carbocycles. The molecule has 0 aliphatic heterocycles. The van der Waals surface area contributed by atoms with Gasteiger partial charge in [0.05, 0.1) is 31.3 Å². The van der Waals surface area contributed by atoms with Gasteiger partial charge in [-0.15, -0.1) is 0 Å². The molecule has 0 aromatic rings. The summed E-state index contributed by atoms with van der Waals surface area (Å²) < 4.78 is 0. The van der Waals surface area contributed by atoms with Crippen LogP contribution in [0.25, 0.3) is 0 Å². The highest BCUT2D eigenvalue weighted by Crippen LogP contribution is 2.16. The van der Waals surface area contributed by atoms with Crippen LogP contribution in [0.5, 0.6) is 0 Å². The second kappa shape index (κ2) is 37.9. The zero-order chi connectivity index (χ0) is 34.5. The lowest BCUT2D eigenvalue weighted by atomic mass is 10.0. The van der Waals surface area contributed by atoms with Crippen LogP contribution in [0.1, 0.15) is 226 Å². The SMILES string of the molecule is CCCCCCCCCCCCC/C=C\CCCCCCCC(O)CC(=O)NC(CO)C(O)CCCCCCCCCCCCCC. The second-order valence-corrected chi connectivity index (χ2v) is 14.6. The largest absolute Gasteiger partial charge is 0.394 e. The normalized spacial score (nSPS) is 13.7. The molecule has 3 unspecified atom stereocenters. The molecule has 0 aromatic heterocycles. The Labute approximate surface area is 293 Å². The van der Waals surface area contributed by atoms with Crippen LogP contribution in [0.4, 0.5) is 0 Å². The van der Waals surface area contributed by atoms with Crippen LogP contribution in [0.2, 0.25) is 0 Å². The number of aliphatic hydroxyl groups excluding tert-OH is 3. The van der Waals surface area contributed by atoms with Gasteiger partial charge >= 0.3 is 0 Å². The molecule has 0 bridgehead atoms. The van der Waals surface area contributed by atoms with E-state index in [9.17, 15) is 20.1 Å². The summed E-state index contributed by atoms with van der Waals surface area (Å²) in [5.74, 6) is -0.287. The Bertz CT molecular complexity index is 655. The highest BCUT2D eigenvalue weighted by molar-refractivity contribution is 5.76. The van der Waals surface area contributed by atoms with Crippen molar-refractivity contribution in [3.8, 4) is 0 Å². The van der Waals surface area contributed by atoms with E-state index >= 15 is 0 Å². The Morgan fingerprint density at radius 3 is 1.23 bits per heavy atom. The standard InChI is InChI=1S/C42H83NO4/c1-3-5-7-9-11-13-15-17-18-19-20-21-22-23-24-25-27-29-31-33-35-39(45)37-42(47)43-40(38-44)41(46)36-34-32-30-28-26-16-14-12-10-8-6-4-2/h22-23,39-41,44-46H,3-21,24-38H2,1-2H3,(H,43,47)/b23-22-. The summed E-state index contributed by atoms with van der Waals surface area (Å²) in [6.07, 6.45) is 43.2. The monoisotopic (exact) mass is 666 g/mol. The van der Waals surface area contributed by atoms with E-state index < -0.39 is 18.2 Å². The minimum absolute atomic E-state index is 0.0335. The molecule has 5 heteroatoms. The maximum absolute atomic E-state index is 12.4. The van der Waals surface area contributed by atoms with E-state index in [0.717, 1.165) is 32.1 Å². The van der Waals surface area contributed by atoms with Crippen molar-refractivity contribution in [2.45, 2.75) is 244 Å². The number of rotatable bonds is 38. The van der Waals surface area contributed by atoms with Crippen molar-refractivity contribution in [2.75, 3.05) is 6.61 Å². The number of amides is 1. The molecule has 5 nitrogen and oxygen atoms in total. The molecule has 0 spiro atoms. The molecule has 0 rings (SSSR count). The Kier molecular flexibility index (Phi) is 37.2. The predicted octanol–water partition coefficient (Wildman–Crippen LogP) is 11.7. The molecular formula is C42H83NO4. The smallest absolute Gasteiger partial charge is 0.222 e.